The van der Waals surface area contributed by atoms with Gasteiger partial charge >= 0.3 is 6.09 Å². The lowest BCUT2D eigenvalue weighted by atomic mass is 10.0. The maximum absolute atomic E-state index is 12.2. The Balaban J connectivity index is 1.96. The Morgan fingerprint density at radius 1 is 1.11 bits per heavy atom. The molecule has 1 heterocycles. The second-order valence-electron chi connectivity index (χ2n) is 6.85. The number of ether oxygens (including phenoxy) is 1. The number of rotatable bonds is 9. The molecule has 1 unspecified atom stereocenters. The summed E-state index contributed by atoms with van der Waals surface area (Å²) in [6.45, 7) is 3.67. The van der Waals surface area contributed by atoms with Crippen LogP contribution in [-0.2, 0) is 22.6 Å². The molecule has 0 aliphatic heterocycles. The lowest BCUT2D eigenvalue weighted by molar-refractivity contribution is -0.124. The molecule has 28 heavy (non-hydrogen) atoms. The van der Waals surface area contributed by atoms with Gasteiger partial charge in [-0.25, -0.2) is 4.79 Å². The van der Waals surface area contributed by atoms with Crippen LogP contribution in [0.1, 0.15) is 25.0 Å². The van der Waals surface area contributed by atoms with Crippen molar-refractivity contribution >= 4 is 12.0 Å². The minimum absolute atomic E-state index is 0.0391. The highest BCUT2D eigenvalue weighted by molar-refractivity contribution is 5.77. The van der Waals surface area contributed by atoms with E-state index in [2.05, 4.69) is 15.6 Å². The average molecular weight is 385 g/mol. The lowest BCUT2D eigenvalue weighted by Crippen LogP contribution is -2.50. The first-order valence-electron chi connectivity index (χ1n) is 9.27. The Morgan fingerprint density at radius 3 is 2.46 bits per heavy atom. The van der Waals surface area contributed by atoms with Crippen LogP contribution < -0.4 is 10.6 Å². The van der Waals surface area contributed by atoms with E-state index in [-0.39, 0.29) is 25.0 Å². The van der Waals surface area contributed by atoms with Gasteiger partial charge in [0.05, 0.1) is 12.1 Å². The highest BCUT2D eigenvalue weighted by atomic mass is 16.5. The standard InChI is InChI=1S/C21H27N3O4/c1-15(2)20(26)23-13-19(25)18(11-16-7-4-3-5-8-16)24-21(27)28-14-17-9-6-10-22-12-17/h3-10,12,15,18-19,25H,11,13-14H2,1-2H3,(H,23,26)(H,24,27)/t18?,19-/m0/s1. The second kappa shape index (κ2) is 11.0. The molecule has 0 saturated carbocycles. The number of hydrogen-bond donors (Lipinski definition) is 3. The van der Waals surface area contributed by atoms with Crippen molar-refractivity contribution in [2.45, 2.75) is 39.0 Å². The predicted octanol–water partition coefficient (Wildman–Crippen LogP) is 2.05. The minimum Gasteiger partial charge on any atom is -0.445 e. The van der Waals surface area contributed by atoms with Gasteiger partial charge in [-0.1, -0.05) is 50.2 Å². The van der Waals surface area contributed by atoms with Gasteiger partial charge in [-0.3, -0.25) is 9.78 Å². The highest BCUT2D eigenvalue weighted by Crippen LogP contribution is 2.08. The van der Waals surface area contributed by atoms with Crippen LogP contribution in [0.25, 0.3) is 0 Å². The fourth-order valence-electron chi connectivity index (χ4n) is 2.53. The molecule has 0 spiro atoms. The molecule has 1 aromatic carbocycles. The molecule has 0 radical (unpaired) electrons. The van der Waals surface area contributed by atoms with Gasteiger partial charge < -0.3 is 20.5 Å². The number of hydrogen-bond acceptors (Lipinski definition) is 5. The molecule has 2 amide bonds. The molecule has 7 nitrogen and oxygen atoms in total. The quantitative estimate of drug-likeness (QED) is 0.613. The fourth-order valence-corrected chi connectivity index (χ4v) is 2.53. The number of alkyl carbamates (subject to hydrolysis) is 1. The van der Waals surface area contributed by atoms with Gasteiger partial charge in [-0.05, 0) is 18.1 Å². The van der Waals surface area contributed by atoms with E-state index in [4.69, 9.17) is 4.74 Å². The van der Waals surface area contributed by atoms with Crippen molar-refractivity contribution in [3.63, 3.8) is 0 Å². The van der Waals surface area contributed by atoms with Crippen molar-refractivity contribution < 1.29 is 19.4 Å². The molecule has 1 aromatic heterocycles. The Kier molecular flexibility index (Phi) is 8.42. The number of amides is 2. The third-order valence-corrected chi connectivity index (χ3v) is 4.17. The maximum atomic E-state index is 12.2. The Morgan fingerprint density at radius 2 is 1.82 bits per heavy atom. The fraction of sp³-hybridized carbons (Fsp3) is 0.381. The van der Waals surface area contributed by atoms with E-state index in [1.165, 1.54) is 0 Å². The highest BCUT2D eigenvalue weighted by Gasteiger charge is 2.23. The lowest BCUT2D eigenvalue weighted by Gasteiger charge is -2.24. The van der Waals surface area contributed by atoms with E-state index in [1.54, 1.807) is 38.4 Å². The second-order valence-corrected chi connectivity index (χ2v) is 6.85. The molecule has 0 fully saturated rings. The van der Waals surface area contributed by atoms with Crippen molar-refractivity contribution in [2.75, 3.05) is 6.54 Å². The number of nitrogens with one attached hydrogen (secondary N) is 2. The zero-order valence-corrected chi connectivity index (χ0v) is 16.2. The summed E-state index contributed by atoms with van der Waals surface area (Å²) in [7, 11) is 0. The van der Waals surface area contributed by atoms with Crippen LogP contribution in [0.3, 0.4) is 0 Å². The summed E-state index contributed by atoms with van der Waals surface area (Å²) in [5, 5.41) is 15.9. The monoisotopic (exact) mass is 385 g/mol. The van der Waals surface area contributed by atoms with Crippen molar-refractivity contribution in [1.29, 1.82) is 0 Å². The smallest absolute Gasteiger partial charge is 0.407 e. The van der Waals surface area contributed by atoms with Crippen LogP contribution in [0.5, 0.6) is 0 Å². The van der Waals surface area contributed by atoms with Gasteiger partial charge in [0, 0.05) is 30.4 Å². The van der Waals surface area contributed by atoms with Crippen LogP contribution in [0.4, 0.5) is 4.79 Å². The largest absolute Gasteiger partial charge is 0.445 e. The van der Waals surface area contributed by atoms with Gasteiger partial charge in [0.15, 0.2) is 0 Å². The predicted molar refractivity (Wildman–Crippen MR) is 105 cm³/mol. The summed E-state index contributed by atoms with van der Waals surface area (Å²) in [5.74, 6) is -0.339. The first kappa shape index (κ1) is 21.4. The number of benzene rings is 1. The molecular weight excluding hydrogens is 358 g/mol. The Bertz CT molecular complexity index is 738. The van der Waals surface area contributed by atoms with Crippen molar-refractivity contribution in [3.05, 3.63) is 66.0 Å². The van der Waals surface area contributed by atoms with E-state index in [0.717, 1.165) is 11.1 Å². The number of carbonyl (C=O) groups is 2. The number of aromatic nitrogens is 1. The van der Waals surface area contributed by atoms with Gasteiger partial charge in [0.25, 0.3) is 0 Å². The average Bonchev–Trinajstić information content (AvgIpc) is 2.71. The molecule has 2 rings (SSSR count). The normalized spacial score (nSPS) is 12.9. The molecule has 0 bridgehead atoms. The molecule has 2 aromatic rings. The van der Waals surface area contributed by atoms with Crippen molar-refractivity contribution in [2.24, 2.45) is 5.92 Å². The van der Waals surface area contributed by atoms with E-state index >= 15 is 0 Å². The molecule has 2 atom stereocenters. The molecule has 3 N–H and O–H groups in total. The van der Waals surface area contributed by atoms with Gasteiger partial charge in [0.1, 0.15) is 6.61 Å². The number of aliphatic hydroxyl groups excluding tert-OH is 1. The van der Waals surface area contributed by atoms with Gasteiger partial charge in [0.2, 0.25) is 5.91 Å². The van der Waals surface area contributed by atoms with E-state index < -0.39 is 18.2 Å². The number of aliphatic hydroxyl groups is 1. The summed E-state index contributed by atoms with van der Waals surface area (Å²) in [6, 6.07) is 12.4. The Hall–Kier alpha value is -2.93. The molecule has 7 heteroatoms. The van der Waals surface area contributed by atoms with Crippen LogP contribution in [0.15, 0.2) is 54.9 Å². The van der Waals surface area contributed by atoms with Crippen LogP contribution in [0, 0.1) is 5.92 Å². The summed E-state index contributed by atoms with van der Waals surface area (Å²) in [4.78, 5) is 28.0. The third kappa shape index (κ3) is 7.36. The van der Waals surface area contributed by atoms with E-state index in [0.29, 0.717) is 6.42 Å². The third-order valence-electron chi connectivity index (χ3n) is 4.17. The zero-order valence-electron chi connectivity index (χ0n) is 16.2. The molecule has 0 aliphatic carbocycles. The van der Waals surface area contributed by atoms with Crippen molar-refractivity contribution in [1.82, 2.24) is 15.6 Å². The van der Waals surface area contributed by atoms with Crippen LogP contribution >= 0.6 is 0 Å². The van der Waals surface area contributed by atoms with Gasteiger partial charge in [-0.2, -0.15) is 0 Å². The number of pyridine rings is 1. The number of nitrogens with zero attached hydrogens (tertiary/aromatic N) is 1. The summed E-state index contributed by atoms with van der Waals surface area (Å²) in [5.41, 5.74) is 1.72. The molecule has 0 saturated heterocycles. The zero-order chi connectivity index (χ0) is 20.4. The first-order chi connectivity index (χ1) is 13.5. The van der Waals surface area contributed by atoms with E-state index in [9.17, 15) is 14.7 Å². The maximum Gasteiger partial charge on any atom is 0.407 e. The van der Waals surface area contributed by atoms with E-state index in [1.807, 2.05) is 30.3 Å². The Labute approximate surface area is 165 Å². The van der Waals surface area contributed by atoms with Crippen molar-refractivity contribution in [3.8, 4) is 0 Å². The SMILES string of the molecule is CC(C)C(=O)NC[C@H](O)C(Cc1ccccc1)NC(=O)OCc1cccnc1. The minimum atomic E-state index is -0.964. The van der Waals surface area contributed by atoms with Gasteiger partial charge in [-0.15, -0.1) is 0 Å². The molecule has 150 valence electrons. The summed E-state index contributed by atoms with van der Waals surface area (Å²) < 4.78 is 5.22. The summed E-state index contributed by atoms with van der Waals surface area (Å²) in [6.07, 6.45) is 2.06. The topological polar surface area (TPSA) is 101 Å². The first-order valence-corrected chi connectivity index (χ1v) is 9.27. The summed E-state index contributed by atoms with van der Waals surface area (Å²) >= 11 is 0. The van der Waals surface area contributed by atoms with Crippen LogP contribution in [-0.4, -0.2) is 40.8 Å². The number of carbonyl (C=O) groups excluding carboxylic acids is 2. The van der Waals surface area contributed by atoms with Crippen LogP contribution in [0.2, 0.25) is 0 Å². The molecular formula is C21H27N3O4. The molecule has 0 aliphatic rings.